The van der Waals surface area contributed by atoms with Crippen molar-refractivity contribution in [1.82, 2.24) is 4.90 Å². The maximum absolute atomic E-state index is 12.2. The lowest BCUT2D eigenvalue weighted by Crippen LogP contribution is -2.46. The van der Waals surface area contributed by atoms with Gasteiger partial charge in [0.05, 0.1) is 12.6 Å². The van der Waals surface area contributed by atoms with E-state index in [-0.39, 0.29) is 5.91 Å². The predicted molar refractivity (Wildman–Crippen MR) is 66.5 cm³/mol. The van der Waals surface area contributed by atoms with E-state index < -0.39 is 6.04 Å². The normalized spacial score (nSPS) is 25.6. The Balaban J connectivity index is 1.91. The minimum absolute atomic E-state index is 0.0827. The summed E-state index contributed by atoms with van der Waals surface area (Å²) >= 11 is 0. The second-order valence-electron chi connectivity index (χ2n) is 5.08. The molecular formula is C13H22N2O2. The van der Waals surface area contributed by atoms with E-state index in [9.17, 15) is 4.79 Å². The maximum Gasteiger partial charge on any atom is 0.240 e. The molecule has 0 radical (unpaired) electrons. The molecule has 1 saturated carbocycles. The zero-order valence-corrected chi connectivity index (χ0v) is 10.3. The number of amides is 1. The molecule has 4 heteroatoms. The molecule has 1 aliphatic carbocycles. The van der Waals surface area contributed by atoms with E-state index in [4.69, 9.17) is 10.5 Å². The van der Waals surface area contributed by atoms with Gasteiger partial charge >= 0.3 is 0 Å². The van der Waals surface area contributed by atoms with Crippen molar-refractivity contribution in [3.05, 3.63) is 12.7 Å². The van der Waals surface area contributed by atoms with Gasteiger partial charge in [-0.25, -0.2) is 0 Å². The first-order valence-corrected chi connectivity index (χ1v) is 6.47. The highest BCUT2D eigenvalue weighted by Gasteiger charge is 2.36. The molecule has 1 aliphatic heterocycles. The lowest BCUT2D eigenvalue weighted by molar-refractivity contribution is -0.133. The molecule has 4 nitrogen and oxygen atoms in total. The fraction of sp³-hybridized carbons (Fsp3) is 0.769. The number of ether oxygens (including phenoxy) is 1. The van der Waals surface area contributed by atoms with Gasteiger partial charge in [-0.15, -0.1) is 6.58 Å². The van der Waals surface area contributed by atoms with Crippen molar-refractivity contribution in [2.24, 2.45) is 11.7 Å². The third-order valence-electron chi connectivity index (χ3n) is 3.49. The van der Waals surface area contributed by atoms with Crippen LogP contribution in [0.2, 0.25) is 0 Å². The number of nitrogens with two attached hydrogens (primary N) is 1. The molecule has 0 aromatic rings. The number of carbonyl (C=O) groups excluding carboxylic acids is 1. The summed E-state index contributed by atoms with van der Waals surface area (Å²) in [5, 5.41) is 0. The van der Waals surface area contributed by atoms with Crippen molar-refractivity contribution in [2.45, 2.75) is 37.8 Å². The monoisotopic (exact) mass is 238 g/mol. The Morgan fingerprint density at radius 2 is 2.29 bits per heavy atom. The van der Waals surface area contributed by atoms with E-state index in [1.54, 1.807) is 6.08 Å². The average molecular weight is 238 g/mol. The standard InChI is InChI=1S/C13H22N2O2/c1-2-3-12(14)13(16)15(11-4-5-11)8-10-6-7-17-9-10/h2,10-12H,1,3-9,14H2. The van der Waals surface area contributed by atoms with Crippen molar-refractivity contribution in [3.63, 3.8) is 0 Å². The van der Waals surface area contributed by atoms with Gasteiger partial charge < -0.3 is 15.4 Å². The number of hydrogen-bond acceptors (Lipinski definition) is 3. The SMILES string of the molecule is C=CCC(N)C(=O)N(CC1CCOC1)C1CC1. The smallest absolute Gasteiger partial charge is 0.240 e. The fourth-order valence-corrected chi connectivity index (χ4v) is 2.30. The van der Waals surface area contributed by atoms with Crippen molar-refractivity contribution in [3.8, 4) is 0 Å². The molecule has 2 aliphatic rings. The Kier molecular flexibility index (Phi) is 4.18. The van der Waals surface area contributed by atoms with Gasteiger partial charge in [0.1, 0.15) is 0 Å². The number of nitrogens with zero attached hydrogens (tertiary/aromatic N) is 1. The topological polar surface area (TPSA) is 55.6 Å². The molecule has 2 N–H and O–H groups in total. The van der Waals surface area contributed by atoms with Crippen molar-refractivity contribution in [2.75, 3.05) is 19.8 Å². The van der Waals surface area contributed by atoms with Crippen LogP contribution in [-0.2, 0) is 9.53 Å². The van der Waals surface area contributed by atoms with Crippen LogP contribution in [0.5, 0.6) is 0 Å². The third kappa shape index (κ3) is 3.30. The van der Waals surface area contributed by atoms with Gasteiger partial charge in [-0.2, -0.15) is 0 Å². The van der Waals surface area contributed by atoms with Gasteiger partial charge in [-0.1, -0.05) is 6.08 Å². The van der Waals surface area contributed by atoms with Crippen LogP contribution in [0.1, 0.15) is 25.7 Å². The number of carbonyl (C=O) groups is 1. The first kappa shape index (κ1) is 12.6. The highest BCUT2D eigenvalue weighted by Crippen LogP contribution is 2.29. The first-order chi connectivity index (χ1) is 8.22. The summed E-state index contributed by atoms with van der Waals surface area (Å²) in [6.07, 6.45) is 5.59. The second kappa shape index (κ2) is 5.65. The molecule has 2 fully saturated rings. The quantitative estimate of drug-likeness (QED) is 0.700. The van der Waals surface area contributed by atoms with Crippen LogP contribution in [0.3, 0.4) is 0 Å². The van der Waals surface area contributed by atoms with Crippen LogP contribution in [-0.4, -0.2) is 42.6 Å². The molecular weight excluding hydrogens is 216 g/mol. The zero-order valence-electron chi connectivity index (χ0n) is 10.3. The Hall–Kier alpha value is -0.870. The van der Waals surface area contributed by atoms with Crippen LogP contribution in [0.25, 0.3) is 0 Å². The van der Waals surface area contributed by atoms with Gasteiger partial charge in [0, 0.05) is 25.1 Å². The Morgan fingerprint density at radius 1 is 1.53 bits per heavy atom. The molecule has 2 atom stereocenters. The van der Waals surface area contributed by atoms with Gasteiger partial charge in [0.2, 0.25) is 5.91 Å². The third-order valence-corrected chi connectivity index (χ3v) is 3.49. The van der Waals surface area contributed by atoms with Gasteiger partial charge in [0.25, 0.3) is 0 Å². The molecule has 1 saturated heterocycles. The van der Waals surface area contributed by atoms with Crippen LogP contribution in [0, 0.1) is 5.92 Å². The van der Waals surface area contributed by atoms with Crippen molar-refractivity contribution in [1.29, 1.82) is 0 Å². The zero-order chi connectivity index (χ0) is 12.3. The summed E-state index contributed by atoms with van der Waals surface area (Å²) in [5.41, 5.74) is 5.87. The minimum atomic E-state index is -0.421. The largest absolute Gasteiger partial charge is 0.381 e. The van der Waals surface area contributed by atoms with E-state index in [1.807, 2.05) is 4.90 Å². The van der Waals surface area contributed by atoms with Crippen molar-refractivity contribution < 1.29 is 9.53 Å². The molecule has 1 amide bonds. The molecule has 17 heavy (non-hydrogen) atoms. The Morgan fingerprint density at radius 3 is 2.82 bits per heavy atom. The predicted octanol–water partition coefficient (Wildman–Crippen LogP) is 0.917. The summed E-state index contributed by atoms with van der Waals surface area (Å²) in [6.45, 7) is 6.06. The Labute approximate surface area is 103 Å². The average Bonchev–Trinajstić information content (AvgIpc) is 3.03. The second-order valence-corrected chi connectivity index (χ2v) is 5.08. The summed E-state index contributed by atoms with van der Waals surface area (Å²) in [6, 6.07) is 0.00869. The summed E-state index contributed by atoms with van der Waals surface area (Å²) < 4.78 is 5.36. The lowest BCUT2D eigenvalue weighted by Gasteiger charge is -2.27. The van der Waals surface area contributed by atoms with Crippen LogP contribution >= 0.6 is 0 Å². The minimum Gasteiger partial charge on any atom is -0.381 e. The van der Waals surface area contributed by atoms with Crippen LogP contribution in [0.4, 0.5) is 0 Å². The molecule has 2 rings (SSSR count). The van der Waals surface area contributed by atoms with Gasteiger partial charge in [-0.05, 0) is 25.7 Å². The molecule has 0 bridgehead atoms. The molecule has 0 aromatic heterocycles. The van der Waals surface area contributed by atoms with E-state index in [0.717, 1.165) is 39.0 Å². The highest BCUT2D eigenvalue weighted by atomic mass is 16.5. The van der Waals surface area contributed by atoms with E-state index in [2.05, 4.69) is 6.58 Å². The van der Waals surface area contributed by atoms with Crippen LogP contribution < -0.4 is 5.73 Å². The van der Waals surface area contributed by atoms with E-state index in [0.29, 0.717) is 18.4 Å². The van der Waals surface area contributed by atoms with E-state index in [1.165, 1.54) is 0 Å². The first-order valence-electron chi connectivity index (χ1n) is 6.47. The van der Waals surface area contributed by atoms with Crippen molar-refractivity contribution >= 4 is 5.91 Å². The molecule has 0 aromatic carbocycles. The van der Waals surface area contributed by atoms with E-state index >= 15 is 0 Å². The van der Waals surface area contributed by atoms with Crippen LogP contribution in [0.15, 0.2) is 12.7 Å². The lowest BCUT2D eigenvalue weighted by atomic mass is 10.1. The number of rotatable bonds is 6. The van der Waals surface area contributed by atoms with Gasteiger partial charge in [-0.3, -0.25) is 4.79 Å². The molecule has 96 valence electrons. The number of hydrogen-bond donors (Lipinski definition) is 1. The van der Waals surface area contributed by atoms with Gasteiger partial charge in [0.15, 0.2) is 0 Å². The highest BCUT2D eigenvalue weighted by molar-refractivity contribution is 5.82. The molecule has 2 unspecified atom stereocenters. The molecule has 0 spiro atoms. The molecule has 1 heterocycles. The fourth-order valence-electron chi connectivity index (χ4n) is 2.30. The summed E-state index contributed by atoms with van der Waals surface area (Å²) in [7, 11) is 0. The maximum atomic E-state index is 12.2. The Bertz CT molecular complexity index is 283. The summed E-state index contributed by atoms with van der Waals surface area (Å²) in [5.74, 6) is 0.579. The summed E-state index contributed by atoms with van der Waals surface area (Å²) in [4.78, 5) is 14.2.